The second kappa shape index (κ2) is 12.7. The van der Waals surface area contributed by atoms with Gasteiger partial charge in [-0.3, -0.25) is 0 Å². The molecule has 280 valence electrons. The Kier molecular flexibility index (Phi) is 7.01. The largest absolute Gasteiger partial charge is 0.455 e. The van der Waals surface area contributed by atoms with E-state index < -0.39 is 0 Å². The van der Waals surface area contributed by atoms with E-state index in [9.17, 15) is 0 Å². The smallest absolute Gasteiger partial charge is 0.160 e. The molecule has 0 aliphatic carbocycles. The molecule has 0 radical (unpaired) electrons. The molecule has 12 aromatic rings. The molecule has 1 unspecified atom stereocenters. The van der Waals surface area contributed by atoms with E-state index in [1.165, 1.54) is 37.7 Å². The number of nitrogens with zero attached hydrogens (tertiary/aromatic N) is 3. The second-order valence-electron chi connectivity index (χ2n) is 15.8. The first-order valence-electron chi connectivity index (χ1n) is 20.4. The molecule has 5 nitrogen and oxygen atoms in total. The van der Waals surface area contributed by atoms with Crippen LogP contribution in [-0.2, 0) is 0 Å². The lowest BCUT2D eigenvalue weighted by Crippen LogP contribution is -2.33. The first kappa shape index (κ1) is 33.0. The zero-order chi connectivity index (χ0) is 39.3. The fourth-order valence-corrected chi connectivity index (χ4v) is 9.54. The van der Waals surface area contributed by atoms with E-state index in [0.717, 1.165) is 77.3 Å². The molecule has 2 aromatic heterocycles. The van der Waals surface area contributed by atoms with Crippen molar-refractivity contribution in [1.82, 2.24) is 9.88 Å². The van der Waals surface area contributed by atoms with Gasteiger partial charge in [-0.1, -0.05) is 152 Å². The van der Waals surface area contributed by atoms with Crippen LogP contribution < -0.4 is 5.32 Å². The Labute approximate surface area is 344 Å². The van der Waals surface area contributed by atoms with Crippen molar-refractivity contribution in [3.63, 3.8) is 0 Å². The maximum atomic E-state index is 7.00. The van der Waals surface area contributed by atoms with Gasteiger partial charge < -0.3 is 14.3 Å². The fraction of sp³-hybridized carbons (Fsp3) is 0.0182. The van der Waals surface area contributed by atoms with Crippen LogP contribution >= 0.6 is 0 Å². The Morgan fingerprint density at radius 3 is 1.97 bits per heavy atom. The van der Waals surface area contributed by atoms with Crippen molar-refractivity contribution in [3.05, 3.63) is 211 Å². The first-order valence-corrected chi connectivity index (χ1v) is 20.4. The van der Waals surface area contributed by atoms with Crippen LogP contribution in [0.25, 0.3) is 92.5 Å². The van der Waals surface area contributed by atoms with Crippen LogP contribution in [0, 0.1) is 0 Å². The number of hydrogen-bond acceptors (Lipinski definition) is 4. The van der Waals surface area contributed by atoms with E-state index in [1.54, 1.807) is 0 Å². The average molecular weight is 767 g/mol. The minimum absolute atomic E-state index is 0.377. The predicted molar refractivity (Wildman–Crippen MR) is 250 cm³/mol. The van der Waals surface area contributed by atoms with Gasteiger partial charge in [-0.15, -0.1) is 0 Å². The number of benzene rings is 10. The van der Waals surface area contributed by atoms with E-state index in [-0.39, 0.29) is 6.17 Å². The summed E-state index contributed by atoms with van der Waals surface area (Å²) in [6.07, 6.45) is -0.377. The molecule has 1 aliphatic heterocycles. The number of amidine groups is 2. The number of hydrogen-bond donors (Lipinski definition) is 1. The highest BCUT2D eigenvalue weighted by Crippen LogP contribution is 2.41. The lowest BCUT2D eigenvalue weighted by atomic mass is 9.99. The van der Waals surface area contributed by atoms with Crippen molar-refractivity contribution in [2.75, 3.05) is 0 Å². The van der Waals surface area contributed by atoms with Gasteiger partial charge in [0.25, 0.3) is 0 Å². The van der Waals surface area contributed by atoms with E-state index in [2.05, 4.69) is 198 Å². The third-order valence-corrected chi connectivity index (χ3v) is 12.4. The minimum Gasteiger partial charge on any atom is -0.455 e. The van der Waals surface area contributed by atoms with Crippen LogP contribution in [-0.4, -0.2) is 16.2 Å². The van der Waals surface area contributed by atoms with E-state index in [4.69, 9.17) is 14.4 Å². The molecular weight excluding hydrogens is 733 g/mol. The molecule has 10 aromatic carbocycles. The summed E-state index contributed by atoms with van der Waals surface area (Å²) in [5, 5.41) is 17.6. The zero-order valence-electron chi connectivity index (χ0n) is 32.3. The quantitative estimate of drug-likeness (QED) is 0.181. The summed E-state index contributed by atoms with van der Waals surface area (Å²) in [5.41, 5.74) is 7.84. The predicted octanol–water partition coefficient (Wildman–Crippen LogP) is 13.8. The van der Waals surface area contributed by atoms with Crippen molar-refractivity contribution >= 4 is 98.5 Å². The van der Waals surface area contributed by atoms with Crippen molar-refractivity contribution in [2.45, 2.75) is 6.17 Å². The summed E-state index contributed by atoms with van der Waals surface area (Å²) in [6.45, 7) is 0. The van der Waals surface area contributed by atoms with Gasteiger partial charge in [0.15, 0.2) is 5.84 Å². The zero-order valence-corrected chi connectivity index (χ0v) is 32.3. The number of fused-ring (bicyclic) bond motifs is 12. The van der Waals surface area contributed by atoms with E-state index in [1.807, 2.05) is 6.07 Å². The van der Waals surface area contributed by atoms with Gasteiger partial charge in [0, 0.05) is 44.1 Å². The number of furan rings is 1. The molecule has 5 heteroatoms. The van der Waals surface area contributed by atoms with Crippen LogP contribution in [0.4, 0.5) is 0 Å². The van der Waals surface area contributed by atoms with Crippen molar-refractivity contribution in [2.24, 2.45) is 9.98 Å². The molecule has 0 spiro atoms. The summed E-state index contributed by atoms with van der Waals surface area (Å²) in [5.74, 6) is 1.41. The number of rotatable bonds is 4. The van der Waals surface area contributed by atoms with Gasteiger partial charge in [-0.25, -0.2) is 9.98 Å². The fourth-order valence-electron chi connectivity index (χ4n) is 9.54. The lowest BCUT2D eigenvalue weighted by molar-refractivity contribution is 0.671. The molecule has 13 rings (SSSR count). The monoisotopic (exact) mass is 766 g/mol. The summed E-state index contributed by atoms with van der Waals surface area (Å²) < 4.78 is 9.38. The highest BCUT2D eigenvalue weighted by molar-refractivity contribution is 6.25. The molecular formula is C55H34N4O. The normalized spacial score (nSPS) is 14.5. The number of para-hydroxylation sites is 1. The van der Waals surface area contributed by atoms with Crippen LogP contribution in [0.2, 0.25) is 0 Å². The molecule has 1 atom stereocenters. The van der Waals surface area contributed by atoms with Gasteiger partial charge in [0.2, 0.25) is 0 Å². The lowest BCUT2D eigenvalue weighted by Gasteiger charge is -2.24. The van der Waals surface area contributed by atoms with Gasteiger partial charge in [-0.05, 0) is 79.7 Å². The highest BCUT2D eigenvalue weighted by atomic mass is 16.3. The average Bonchev–Trinajstić information content (AvgIpc) is 3.86. The molecule has 0 amide bonds. The van der Waals surface area contributed by atoms with Crippen LogP contribution in [0.5, 0.6) is 0 Å². The minimum atomic E-state index is -0.377. The Hall–Kier alpha value is -8.02. The van der Waals surface area contributed by atoms with Crippen LogP contribution in [0.15, 0.2) is 209 Å². The summed E-state index contributed by atoms with van der Waals surface area (Å²) in [6, 6.07) is 69.2. The number of nitrogens with one attached hydrogen (secondary N) is 1. The Morgan fingerprint density at radius 2 is 1.12 bits per heavy atom. The Morgan fingerprint density at radius 1 is 0.467 bits per heavy atom. The molecule has 0 bridgehead atoms. The Balaban J connectivity index is 1.10. The van der Waals surface area contributed by atoms with E-state index in [0.29, 0.717) is 5.84 Å². The standard InChI is InChI=1S/C55H34N4O/c1-2-14-35(15-3-1)53-56-54(39-25-26-42-38(28-39)23-22-33-12-6-8-18-41(33)42)58-55(57-53)47-31-40(32-50-51(47)45-27-24-34-13-7-9-19-43(34)52(45)60-50)59-48-21-11-10-20-44(48)46-29-36-16-4-5-17-37(36)30-49(46)59/h1-32,53H,(H,56,57,58). The Bertz CT molecular complexity index is 3820. The maximum Gasteiger partial charge on any atom is 0.160 e. The molecule has 1 N–H and O–H groups in total. The highest BCUT2D eigenvalue weighted by Gasteiger charge is 2.26. The number of aromatic nitrogens is 1. The van der Waals surface area contributed by atoms with E-state index >= 15 is 0 Å². The maximum absolute atomic E-state index is 7.00. The molecule has 1 aliphatic rings. The van der Waals surface area contributed by atoms with Gasteiger partial charge in [0.1, 0.15) is 23.2 Å². The van der Waals surface area contributed by atoms with Crippen molar-refractivity contribution in [1.29, 1.82) is 0 Å². The molecule has 0 saturated heterocycles. The van der Waals surface area contributed by atoms with Crippen LogP contribution in [0.1, 0.15) is 22.9 Å². The first-order chi connectivity index (χ1) is 29.7. The summed E-state index contributed by atoms with van der Waals surface area (Å²) >= 11 is 0. The van der Waals surface area contributed by atoms with Gasteiger partial charge >= 0.3 is 0 Å². The van der Waals surface area contributed by atoms with Crippen molar-refractivity contribution < 1.29 is 4.42 Å². The molecule has 60 heavy (non-hydrogen) atoms. The van der Waals surface area contributed by atoms with Gasteiger partial charge in [0.05, 0.1) is 16.7 Å². The molecule has 3 heterocycles. The third kappa shape index (κ3) is 4.99. The second-order valence-corrected chi connectivity index (χ2v) is 15.8. The third-order valence-electron chi connectivity index (χ3n) is 12.4. The SMILES string of the molecule is c1ccc(C2N=C(c3cc(-n4c5ccccc5c5cc6ccccc6cc54)cc4oc5c6ccccc6ccc5c34)N=C(c3ccc4c(ccc5ccccc54)c3)N2)cc1. The van der Waals surface area contributed by atoms with Gasteiger partial charge in [-0.2, -0.15) is 0 Å². The number of aliphatic imine (C=N–C) groups is 2. The van der Waals surface area contributed by atoms with Crippen LogP contribution in [0.3, 0.4) is 0 Å². The summed E-state index contributed by atoms with van der Waals surface area (Å²) in [4.78, 5) is 10.9. The molecule has 0 saturated carbocycles. The topological polar surface area (TPSA) is 54.8 Å². The summed E-state index contributed by atoms with van der Waals surface area (Å²) in [7, 11) is 0. The van der Waals surface area contributed by atoms with Crippen molar-refractivity contribution in [3.8, 4) is 5.69 Å². The molecule has 0 fully saturated rings.